The van der Waals surface area contributed by atoms with E-state index < -0.39 is 23.3 Å². The van der Waals surface area contributed by atoms with Gasteiger partial charge >= 0.3 is 11.9 Å². The highest BCUT2D eigenvalue weighted by atomic mass is 35.5. The van der Waals surface area contributed by atoms with Crippen molar-refractivity contribution in [1.82, 2.24) is 10.1 Å². The first-order valence-electron chi connectivity index (χ1n) is 7.79. The lowest BCUT2D eigenvalue weighted by Gasteiger charge is -2.19. The molecule has 0 unspecified atom stereocenters. The van der Waals surface area contributed by atoms with Crippen LogP contribution in [-0.2, 0) is 21.9 Å². The van der Waals surface area contributed by atoms with Gasteiger partial charge in [-0.3, -0.25) is 0 Å². The second kappa shape index (κ2) is 7.15. The van der Waals surface area contributed by atoms with Crippen LogP contribution in [0.5, 0.6) is 0 Å². The normalized spacial score (nSPS) is 12.1. The predicted octanol–water partition coefficient (Wildman–Crippen LogP) is 4.61. The highest BCUT2D eigenvalue weighted by molar-refractivity contribution is 6.31. The van der Waals surface area contributed by atoms with Crippen LogP contribution in [0.2, 0.25) is 5.02 Å². The van der Waals surface area contributed by atoms with Gasteiger partial charge in [0.2, 0.25) is 11.7 Å². The fraction of sp³-hybridized carbons (Fsp3) is 0.389. The van der Waals surface area contributed by atoms with Crippen LogP contribution >= 0.6 is 11.6 Å². The van der Waals surface area contributed by atoms with E-state index in [0.29, 0.717) is 5.56 Å². The third-order valence-electron chi connectivity index (χ3n) is 3.34. The number of alkyl halides is 2. The summed E-state index contributed by atoms with van der Waals surface area (Å²) in [5.41, 5.74) is -0.352. The molecule has 0 N–H and O–H groups in total. The van der Waals surface area contributed by atoms with Crippen LogP contribution in [0.25, 0.3) is 0 Å². The first-order chi connectivity index (χ1) is 11.9. The molecule has 8 heteroatoms. The molecule has 5 nitrogen and oxygen atoms in total. The first kappa shape index (κ1) is 20.0. The fourth-order valence-electron chi connectivity index (χ4n) is 1.98. The summed E-state index contributed by atoms with van der Waals surface area (Å²) in [6, 6.07) is 3.89. The number of esters is 1. The average molecular weight is 385 g/mol. The van der Waals surface area contributed by atoms with E-state index in [9.17, 15) is 13.6 Å². The Balaban J connectivity index is 2.17. The number of halogens is 3. The number of benzene rings is 1. The molecule has 0 saturated heterocycles. The molecule has 0 saturated carbocycles. The van der Waals surface area contributed by atoms with Gasteiger partial charge in [0.1, 0.15) is 5.60 Å². The van der Waals surface area contributed by atoms with Crippen LogP contribution in [0.15, 0.2) is 34.9 Å². The molecule has 0 amide bonds. The molecular formula is C18H19ClF2N2O3. The third-order valence-corrected chi connectivity index (χ3v) is 3.74. The maximum absolute atomic E-state index is 14.6. The molecule has 0 aliphatic carbocycles. The van der Waals surface area contributed by atoms with Crippen molar-refractivity contribution in [2.45, 2.75) is 45.6 Å². The van der Waals surface area contributed by atoms with Crippen molar-refractivity contribution in [2.75, 3.05) is 0 Å². The van der Waals surface area contributed by atoms with E-state index in [1.54, 1.807) is 27.7 Å². The molecule has 1 heterocycles. The first-order valence-corrected chi connectivity index (χ1v) is 8.16. The molecule has 0 radical (unpaired) electrons. The summed E-state index contributed by atoms with van der Waals surface area (Å²) in [7, 11) is 0. The summed E-state index contributed by atoms with van der Waals surface area (Å²) in [6.07, 6.45) is -0.188. The quantitative estimate of drug-likeness (QED) is 0.556. The number of nitrogens with zero attached hydrogens (tertiary/aromatic N) is 2. The average Bonchev–Trinajstić information content (AvgIpc) is 2.97. The van der Waals surface area contributed by atoms with Crippen molar-refractivity contribution in [3.63, 3.8) is 0 Å². The van der Waals surface area contributed by atoms with Crippen molar-refractivity contribution >= 4 is 17.6 Å². The van der Waals surface area contributed by atoms with Gasteiger partial charge in [0.05, 0.1) is 6.42 Å². The van der Waals surface area contributed by atoms with Crippen molar-refractivity contribution in [3.8, 4) is 0 Å². The highest BCUT2D eigenvalue weighted by Crippen LogP contribution is 2.35. The van der Waals surface area contributed by atoms with E-state index in [1.165, 1.54) is 12.1 Å². The number of aryl methyl sites for hydroxylation is 1. The molecule has 0 fully saturated rings. The maximum Gasteiger partial charge on any atom is 0.335 e. The molecule has 26 heavy (non-hydrogen) atoms. The van der Waals surface area contributed by atoms with Crippen molar-refractivity contribution in [2.24, 2.45) is 0 Å². The van der Waals surface area contributed by atoms with Crippen molar-refractivity contribution in [3.05, 3.63) is 58.2 Å². The summed E-state index contributed by atoms with van der Waals surface area (Å²) in [4.78, 5) is 15.6. The van der Waals surface area contributed by atoms with Gasteiger partial charge < -0.3 is 9.26 Å². The number of hydrogen-bond acceptors (Lipinski definition) is 5. The number of rotatable bonds is 5. The Hall–Kier alpha value is -2.28. The maximum atomic E-state index is 14.6. The zero-order chi connectivity index (χ0) is 19.7. The van der Waals surface area contributed by atoms with E-state index in [0.717, 1.165) is 6.07 Å². The van der Waals surface area contributed by atoms with E-state index in [4.69, 9.17) is 20.9 Å². The summed E-state index contributed by atoms with van der Waals surface area (Å²) >= 11 is 5.91. The molecule has 140 valence electrons. The number of aromatic nitrogens is 2. The molecule has 0 aliphatic heterocycles. The molecule has 0 spiro atoms. The number of carbonyl (C=O) groups is 1. The van der Waals surface area contributed by atoms with Gasteiger partial charge in [-0.2, -0.15) is 13.8 Å². The predicted molar refractivity (Wildman–Crippen MR) is 92.2 cm³/mol. The van der Waals surface area contributed by atoms with Gasteiger partial charge in [-0.25, -0.2) is 4.79 Å². The zero-order valence-corrected chi connectivity index (χ0v) is 15.7. The van der Waals surface area contributed by atoms with Gasteiger partial charge in [0.25, 0.3) is 0 Å². The van der Waals surface area contributed by atoms with Crippen LogP contribution in [-0.4, -0.2) is 21.7 Å². The second-order valence-electron chi connectivity index (χ2n) is 6.83. The minimum Gasteiger partial charge on any atom is -0.457 e. The zero-order valence-electron chi connectivity index (χ0n) is 14.9. The van der Waals surface area contributed by atoms with E-state index in [-0.39, 0.29) is 28.5 Å². The number of hydrogen-bond donors (Lipinski definition) is 0. The van der Waals surface area contributed by atoms with Crippen LogP contribution in [0.3, 0.4) is 0 Å². The Morgan fingerprint density at radius 1 is 1.35 bits per heavy atom. The largest absolute Gasteiger partial charge is 0.457 e. The summed E-state index contributed by atoms with van der Waals surface area (Å²) in [6.45, 7) is 10.4. The Kier molecular flexibility index (Phi) is 5.51. The van der Waals surface area contributed by atoms with E-state index in [2.05, 4.69) is 16.7 Å². The van der Waals surface area contributed by atoms with Gasteiger partial charge in [-0.15, -0.1) is 0 Å². The molecule has 0 aliphatic rings. The highest BCUT2D eigenvalue weighted by Gasteiger charge is 2.40. The summed E-state index contributed by atoms with van der Waals surface area (Å²) < 4.78 is 39.1. The molecule has 1 aromatic carbocycles. The van der Waals surface area contributed by atoms with Gasteiger partial charge in [-0.05, 0) is 39.3 Å². The van der Waals surface area contributed by atoms with Crippen LogP contribution in [0, 0.1) is 6.92 Å². The molecule has 0 bridgehead atoms. The number of carbonyl (C=O) groups excluding carboxylic acids is 1. The smallest absolute Gasteiger partial charge is 0.335 e. The van der Waals surface area contributed by atoms with Crippen LogP contribution in [0.4, 0.5) is 8.78 Å². The van der Waals surface area contributed by atoms with E-state index >= 15 is 0 Å². The van der Waals surface area contributed by atoms with Gasteiger partial charge in [0.15, 0.2) is 0 Å². The SMILES string of the molecule is C=C(Cc1nc(C(F)(F)c2ccc(C)c(Cl)c2)no1)C(=O)OC(C)(C)C. The molecular weight excluding hydrogens is 366 g/mol. The Bertz CT molecular complexity index is 841. The molecule has 0 atom stereocenters. The summed E-state index contributed by atoms with van der Waals surface area (Å²) in [5.74, 6) is -5.13. The third kappa shape index (κ3) is 4.66. The van der Waals surface area contributed by atoms with Crippen LogP contribution < -0.4 is 0 Å². The number of ether oxygens (including phenoxy) is 1. The lowest BCUT2D eigenvalue weighted by Crippen LogP contribution is -2.25. The minimum absolute atomic E-state index is 0.0248. The lowest BCUT2D eigenvalue weighted by atomic mass is 10.1. The van der Waals surface area contributed by atoms with Crippen molar-refractivity contribution in [1.29, 1.82) is 0 Å². The summed E-state index contributed by atoms with van der Waals surface area (Å²) in [5, 5.41) is 3.54. The Labute approximate surface area is 155 Å². The monoisotopic (exact) mass is 384 g/mol. The van der Waals surface area contributed by atoms with Gasteiger partial charge in [0, 0.05) is 16.2 Å². The van der Waals surface area contributed by atoms with E-state index in [1.807, 2.05) is 0 Å². The fourth-order valence-corrected chi connectivity index (χ4v) is 2.16. The molecule has 2 rings (SSSR count). The molecule has 1 aromatic heterocycles. The Morgan fingerprint density at radius 2 is 2.00 bits per heavy atom. The Morgan fingerprint density at radius 3 is 2.58 bits per heavy atom. The molecule has 2 aromatic rings. The van der Waals surface area contributed by atoms with Gasteiger partial charge in [-0.1, -0.05) is 35.5 Å². The minimum atomic E-state index is -3.49. The lowest BCUT2D eigenvalue weighted by molar-refractivity contribution is -0.150. The van der Waals surface area contributed by atoms with Crippen molar-refractivity contribution < 1.29 is 22.8 Å². The van der Waals surface area contributed by atoms with Crippen LogP contribution in [0.1, 0.15) is 43.6 Å². The topological polar surface area (TPSA) is 65.2 Å². The second-order valence-corrected chi connectivity index (χ2v) is 7.24. The standard InChI is InChI=1S/C18H19ClF2N2O3/c1-10-6-7-12(9-13(10)19)18(20,21)16-22-14(26-23-16)8-11(2)15(24)25-17(3,4)5/h6-7,9H,2,8H2,1,3-5H3.